The van der Waals surface area contributed by atoms with Crippen LogP contribution < -0.4 is 10.6 Å². The standard InChI is InChI=1S/C49H57N7O6S/c1-5-31-49(4)50-44-22-18-21-40-43(29-30-45(51-49)48(40)44)55-54-42-28-27-41(38-19-12-13-20-39(38)42)53-52-36-23-25-37(26-24-36)63(59,60)56(32-14-8-10-16-34-61-46(57)6-2)33-15-9-11-17-35-62-47(58)7-3/h6-7,12-13,18-30,50-51H,2-3,5,8-11,14-17,31-35H2,1,4H3. The minimum atomic E-state index is -3.82. The molecule has 0 spiro atoms. The number of unbranched alkanes of at least 4 members (excludes halogenated alkanes) is 6. The molecule has 0 fully saturated rings. The first kappa shape index (κ1) is 46.3. The fourth-order valence-corrected chi connectivity index (χ4v) is 9.25. The van der Waals surface area contributed by atoms with E-state index in [9.17, 15) is 18.0 Å². The second kappa shape index (κ2) is 22.2. The van der Waals surface area contributed by atoms with Crippen molar-refractivity contribution in [2.45, 2.75) is 88.6 Å². The lowest BCUT2D eigenvalue weighted by Gasteiger charge is -2.39. The lowest BCUT2D eigenvalue weighted by Crippen LogP contribution is -2.45. The van der Waals surface area contributed by atoms with E-state index in [1.54, 1.807) is 24.3 Å². The van der Waals surface area contributed by atoms with Gasteiger partial charge in [-0.25, -0.2) is 18.0 Å². The van der Waals surface area contributed by atoms with Crippen LogP contribution in [0.2, 0.25) is 0 Å². The van der Waals surface area contributed by atoms with Gasteiger partial charge in [-0.1, -0.05) is 88.6 Å². The molecule has 1 heterocycles. The zero-order chi connectivity index (χ0) is 44.7. The number of rotatable bonds is 24. The monoisotopic (exact) mass is 871 g/mol. The van der Waals surface area contributed by atoms with Crippen LogP contribution in [-0.4, -0.2) is 56.6 Å². The maximum Gasteiger partial charge on any atom is 0.330 e. The van der Waals surface area contributed by atoms with E-state index in [1.165, 1.54) is 4.31 Å². The molecule has 1 unspecified atom stereocenters. The van der Waals surface area contributed by atoms with Crippen molar-refractivity contribution in [3.63, 3.8) is 0 Å². The highest BCUT2D eigenvalue weighted by Gasteiger charge is 2.29. The lowest BCUT2D eigenvalue weighted by molar-refractivity contribution is -0.138. The number of esters is 2. The lowest BCUT2D eigenvalue weighted by atomic mass is 9.97. The molecule has 0 amide bonds. The van der Waals surface area contributed by atoms with Gasteiger partial charge in [0.25, 0.3) is 0 Å². The fraction of sp³-hybridized carbons (Fsp3) is 0.347. The summed E-state index contributed by atoms with van der Waals surface area (Å²) >= 11 is 0. The first-order chi connectivity index (χ1) is 30.5. The third-order valence-electron chi connectivity index (χ3n) is 10.9. The average Bonchev–Trinajstić information content (AvgIpc) is 3.29. The van der Waals surface area contributed by atoms with E-state index in [1.807, 2.05) is 48.5 Å². The molecule has 0 bridgehead atoms. The second-order valence-corrected chi connectivity index (χ2v) is 17.6. The first-order valence-electron chi connectivity index (χ1n) is 21.7. The summed E-state index contributed by atoms with van der Waals surface area (Å²) in [5.74, 6) is -0.904. The van der Waals surface area contributed by atoms with Gasteiger partial charge in [0.2, 0.25) is 10.0 Å². The molecule has 0 aromatic heterocycles. The van der Waals surface area contributed by atoms with Crippen molar-refractivity contribution in [2.75, 3.05) is 36.9 Å². The molecular formula is C49H57N7O6S. The molecule has 14 heteroatoms. The van der Waals surface area contributed by atoms with Crippen molar-refractivity contribution in [2.24, 2.45) is 20.5 Å². The number of benzene rings is 5. The van der Waals surface area contributed by atoms with Gasteiger partial charge in [0.05, 0.1) is 40.9 Å². The Kier molecular flexibility index (Phi) is 16.3. The molecular weight excluding hydrogens is 815 g/mol. The van der Waals surface area contributed by atoms with Crippen LogP contribution in [-0.2, 0) is 29.1 Å². The molecule has 1 aliphatic rings. The number of nitrogens with one attached hydrogen (secondary N) is 2. The number of nitrogens with zero attached hydrogens (tertiary/aromatic N) is 5. The number of hydrogen-bond acceptors (Lipinski definition) is 12. The summed E-state index contributed by atoms with van der Waals surface area (Å²) in [5, 5.41) is 29.7. The normalized spacial score (nSPS) is 14.8. The Morgan fingerprint density at radius 3 is 1.68 bits per heavy atom. The predicted octanol–water partition coefficient (Wildman–Crippen LogP) is 12.7. The maximum absolute atomic E-state index is 14.0. The highest BCUT2D eigenvalue weighted by atomic mass is 32.2. The quantitative estimate of drug-likeness (QED) is 0.0268. The summed E-state index contributed by atoms with van der Waals surface area (Å²) in [6.07, 6.45) is 10.2. The van der Waals surface area contributed by atoms with E-state index in [0.717, 1.165) is 89.3 Å². The maximum atomic E-state index is 14.0. The van der Waals surface area contributed by atoms with Crippen molar-refractivity contribution < 1.29 is 27.5 Å². The van der Waals surface area contributed by atoms with Crippen molar-refractivity contribution in [1.82, 2.24) is 4.31 Å². The van der Waals surface area contributed by atoms with Crippen LogP contribution in [0.1, 0.15) is 78.1 Å². The molecule has 5 aromatic carbocycles. The summed E-state index contributed by atoms with van der Waals surface area (Å²) in [6.45, 7) is 12.5. The van der Waals surface area contributed by atoms with E-state index >= 15 is 0 Å². The van der Waals surface area contributed by atoms with Crippen molar-refractivity contribution >= 4 is 77.6 Å². The third-order valence-corrected chi connectivity index (χ3v) is 12.8. The number of ether oxygens (including phenoxy) is 2. The second-order valence-electron chi connectivity index (χ2n) is 15.7. The summed E-state index contributed by atoms with van der Waals surface area (Å²) in [7, 11) is -3.82. The van der Waals surface area contributed by atoms with Crippen molar-refractivity contribution in [3.05, 3.63) is 116 Å². The molecule has 13 nitrogen and oxygen atoms in total. The molecule has 1 atom stereocenters. The Morgan fingerprint density at radius 2 is 1.13 bits per heavy atom. The molecule has 0 radical (unpaired) electrons. The van der Waals surface area contributed by atoms with Gasteiger partial charge in [-0.05, 0) is 93.6 Å². The summed E-state index contributed by atoms with van der Waals surface area (Å²) in [5.41, 5.74) is 4.52. The highest BCUT2D eigenvalue weighted by molar-refractivity contribution is 7.89. The summed E-state index contributed by atoms with van der Waals surface area (Å²) < 4.78 is 39.6. The molecule has 0 saturated carbocycles. The molecule has 63 heavy (non-hydrogen) atoms. The molecule has 0 aliphatic carbocycles. The predicted molar refractivity (Wildman–Crippen MR) is 251 cm³/mol. The number of fused-ring (bicyclic) bond motifs is 1. The Labute approximate surface area is 370 Å². The smallest absolute Gasteiger partial charge is 0.330 e. The van der Waals surface area contributed by atoms with Gasteiger partial charge < -0.3 is 20.1 Å². The van der Waals surface area contributed by atoms with E-state index in [4.69, 9.17) is 19.7 Å². The molecule has 330 valence electrons. The van der Waals surface area contributed by atoms with Gasteiger partial charge in [0.1, 0.15) is 5.66 Å². The average molecular weight is 872 g/mol. The van der Waals surface area contributed by atoms with Crippen molar-refractivity contribution in [3.8, 4) is 0 Å². The van der Waals surface area contributed by atoms with Crippen LogP contribution in [0, 0.1) is 0 Å². The van der Waals surface area contributed by atoms with Crippen LogP contribution in [0.5, 0.6) is 0 Å². The minimum absolute atomic E-state index is 0.174. The molecule has 0 saturated heterocycles. The number of azo groups is 2. The van der Waals surface area contributed by atoms with E-state index in [0.29, 0.717) is 69.0 Å². The van der Waals surface area contributed by atoms with Crippen LogP contribution >= 0.6 is 0 Å². The minimum Gasteiger partial charge on any atom is -0.463 e. The van der Waals surface area contributed by atoms with Gasteiger partial charge in [-0.2, -0.15) is 9.42 Å². The Morgan fingerprint density at radius 1 is 0.635 bits per heavy atom. The Bertz CT molecular complexity index is 2530. The third kappa shape index (κ3) is 12.2. The van der Waals surface area contributed by atoms with E-state index in [2.05, 4.69) is 66.1 Å². The van der Waals surface area contributed by atoms with Gasteiger partial charge in [0.15, 0.2) is 0 Å². The number of carbonyl (C=O) groups excluding carboxylic acids is 2. The van der Waals surface area contributed by atoms with Crippen LogP contribution in [0.3, 0.4) is 0 Å². The number of anilines is 2. The largest absolute Gasteiger partial charge is 0.463 e. The Balaban J connectivity index is 1.13. The number of carbonyl (C=O) groups is 2. The van der Waals surface area contributed by atoms with E-state index < -0.39 is 22.0 Å². The summed E-state index contributed by atoms with van der Waals surface area (Å²) in [4.78, 5) is 22.8. The van der Waals surface area contributed by atoms with Gasteiger partial charge in [-0.15, -0.1) is 15.3 Å². The molecule has 1 aliphatic heterocycles. The van der Waals surface area contributed by atoms with Crippen LogP contribution in [0.25, 0.3) is 21.5 Å². The molecule has 5 aromatic rings. The molecule has 6 rings (SSSR count). The van der Waals surface area contributed by atoms with Crippen LogP contribution in [0.15, 0.2) is 142 Å². The number of hydrogen-bond donors (Lipinski definition) is 2. The Hall–Kier alpha value is -6.25. The SMILES string of the molecule is C=CC(=O)OCCCCCCN(CCCCCCOC(=O)C=C)S(=O)(=O)c1ccc(N=Nc2ccc(N=Nc3ccc4c5c(cccc35)NC(C)(CCC)N4)c3ccccc23)cc1. The zero-order valence-corrected chi connectivity index (χ0v) is 37.0. The topological polar surface area (TPSA) is 163 Å². The zero-order valence-electron chi connectivity index (χ0n) is 36.2. The fourth-order valence-electron chi connectivity index (χ4n) is 7.74. The van der Waals surface area contributed by atoms with Gasteiger partial charge in [-0.3, -0.25) is 0 Å². The highest BCUT2D eigenvalue weighted by Crippen LogP contribution is 2.43. The van der Waals surface area contributed by atoms with Crippen LogP contribution in [0.4, 0.5) is 34.1 Å². The number of sulfonamides is 1. The summed E-state index contributed by atoms with van der Waals surface area (Å²) in [6, 6.07) is 28.3. The first-order valence-corrected chi connectivity index (χ1v) is 23.1. The van der Waals surface area contributed by atoms with Gasteiger partial charge >= 0.3 is 11.9 Å². The van der Waals surface area contributed by atoms with Gasteiger partial charge in [0, 0.05) is 58.2 Å². The van der Waals surface area contributed by atoms with E-state index in [-0.39, 0.29) is 10.6 Å². The van der Waals surface area contributed by atoms with Crippen molar-refractivity contribution in [1.29, 1.82) is 0 Å². The molecule has 2 N–H and O–H groups in total.